The molecule has 3 heteroatoms. The van der Waals surface area contributed by atoms with Gasteiger partial charge in [-0.05, 0) is 118 Å². The number of fused-ring (bicyclic) bond motifs is 10. The molecular weight excluding hydrogens is 739 g/mol. The zero-order valence-electron chi connectivity index (χ0n) is 33.2. The molecule has 0 fully saturated rings. The topological polar surface area (TPSA) is 14.8 Å². The van der Waals surface area contributed by atoms with Gasteiger partial charge in [-0.15, -0.1) is 0 Å². The number of aromatic nitrogens is 3. The van der Waals surface area contributed by atoms with Crippen LogP contribution in [0.3, 0.4) is 0 Å². The van der Waals surface area contributed by atoms with Gasteiger partial charge >= 0.3 is 0 Å². The minimum Gasteiger partial charge on any atom is -0.309 e. The van der Waals surface area contributed by atoms with Crippen LogP contribution in [-0.4, -0.2) is 13.7 Å². The lowest BCUT2D eigenvalue weighted by Gasteiger charge is -2.11. The third-order valence-corrected chi connectivity index (χ3v) is 12.8. The maximum absolute atomic E-state index is 2.44. The van der Waals surface area contributed by atoms with Crippen LogP contribution in [0.25, 0.3) is 116 Å². The van der Waals surface area contributed by atoms with E-state index in [1.165, 1.54) is 104 Å². The summed E-state index contributed by atoms with van der Waals surface area (Å²) in [5.41, 5.74) is 15.5. The Morgan fingerprint density at radius 1 is 0.197 bits per heavy atom. The van der Waals surface area contributed by atoms with Crippen LogP contribution in [0.1, 0.15) is 0 Å². The van der Waals surface area contributed by atoms with E-state index in [4.69, 9.17) is 0 Å². The van der Waals surface area contributed by atoms with Gasteiger partial charge in [-0.1, -0.05) is 140 Å². The minimum atomic E-state index is 1.15. The van der Waals surface area contributed by atoms with E-state index in [1.54, 1.807) is 0 Å². The molecule has 13 aromatic rings. The highest BCUT2D eigenvalue weighted by Crippen LogP contribution is 2.42. The van der Waals surface area contributed by atoms with Gasteiger partial charge in [0.05, 0.1) is 33.1 Å². The molecular formula is C58H37N3. The Hall–Kier alpha value is -8.14. The Morgan fingerprint density at radius 2 is 0.623 bits per heavy atom. The first-order valence-corrected chi connectivity index (χ1v) is 21.0. The van der Waals surface area contributed by atoms with Crippen LogP contribution in [0.15, 0.2) is 224 Å². The van der Waals surface area contributed by atoms with Crippen molar-refractivity contribution in [3.8, 4) is 39.3 Å². The van der Waals surface area contributed by atoms with Crippen molar-refractivity contribution in [3.05, 3.63) is 224 Å². The third kappa shape index (κ3) is 5.17. The number of hydrogen-bond acceptors (Lipinski definition) is 0. The van der Waals surface area contributed by atoms with Gasteiger partial charge in [-0.2, -0.15) is 0 Å². The van der Waals surface area contributed by atoms with E-state index in [0.29, 0.717) is 0 Å². The second kappa shape index (κ2) is 13.2. The quantitative estimate of drug-likeness (QED) is 0.165. The zero-order chi connectivity index (χ0) is 40.0. The van der Waals surface area contributed by atoms with E-state index in [2.05, 4.69) is 238 Å². The first-order valence-electron chi connectivity index (χ1n) is 21.0. The molecule has 3 heterocycles. The van der Waals surface area contributed by atoms with Crippen LogP contribution in [0.4, 0.5) is 0 Å². The number of para-hydroxylation sites is 3. The van der Waals surface area contributed by atoms with E-state index >= 15 is 0 Å². The van der Waals surface area contributed by atoms with Crippen molar-refractivity contribution in [2.75, 3.05) is 0 Å². The van der Waals surface area contributed by atoms with Crippen molar-refractivity contribution in [2.45, 2.75) is 0 Å². The maximum atomic E-state index is 2.44. The van der Waals surface area contributed by atoms with E-state index in [0.717, 1.165) is 11.4 Å². The summed E-state index contributed by atoms with van der Waals surface area (Å²) in [7, 11) is 0. The number of benzene rings is 10. The second-order valence-electron chi connectivity index (χ2n) is 16.2. The monoisotopic (exact) mass is 775 g/mol. The van der Waals surface area contributed by atoms with Crippen LogP contribution in [0.2, 0.25) is 0 Å². The molecule has 284 valence electrons. The summed E-state index contributed by atoms with van der Waals surface area (Å²) in [5, 5.41) is 9.96. The van der Waals surface area contributed by atoms with Crippen molar-refractivity contribution in [2.24, 2.45) is 0 Å². The molecule has 0 aliphatic carbocycles. The highest BCUT2D eigenvalue weighted by molar-refractivity contribution is 6.20. The zero-order valence-corrected chi connectivity index (χ0v) is 33.2. The average Bonchev–Trinajstić information content (AvgIpc) is 3.96. The van der Waals surface area contributed by atoms with E-state index in [-0.39, 0.29) is 0 Å². The molecule has 0 radical (unpaired) electrons. The predicted octanol–water partition coefficient (Wildman–Crippen LogP) is 15.5. The van der Waals surface area contributed by atoms with Crippen LogP contribution >= 0.6 is 0 Å². The van der Waals surface area contributed by atoms with E-state index in [9.17, 15) is 0 Å². The number of rotatable bonds is 5. The molecule has 0 N–H and O–H groups in total. The molecule has 13 rings (SSSR count). The van der Waals surface area contributed by atoms with Crippen LogP contribution in [0.5, 0.6) is 0 Å². The first kappa shape index (κ1) is 33.8. The molecule has 3 nitrogen and oxygen atoms in total. The summed E-state index contributed by atoms with van der Waals surface area (Å²) in [6.45, 7) is 0. The van der Waals surface area contributed by atoms with Gasteiger partial charge in [-0.25, -0.2) is 0 Å². The molecule has 0 bridgehead atoms. The van der Waals surface area contributed by atoms with E-state index in [1.807, 2.05) is 0 Å². The molecule has 0 saturated carbocycles. The highest BCUT2D eigenvalue weighted by Gasteiger charge is 2.20. The van der Waals surface area contributed by atoms with Gasteiger partial charge < -0.3 is 13.7 Å². The fourth-order valence-corrected chi connectivity index (χ4v) is 9.97. The van der Waals surface area contributed by atoms with Crippen LogP contribution in [-0.2, 0) is 0 Å². The second-order valence-corrected chi connectivity index (χ2v) is 16.2. The summed E-state index contributed by atoms with van der Waals surface area (Å²) in [4.78, 5) is 0. The summed E-state index contributed by atoms with van der Waals surface area (Å²) in [5.74, 6) is 0. The van der Waals surface area contributed by atoms with Gasteiger partial charge in [0.1, 0.15) is 0 Å². The van der Waals surface area contributed by atoms with Gasteiger partial charge in [0, 0.05) is 49.4 Å². The summed E-state index contributed by atoms with van der Waals surface area (Å²) < 4.78 is 7.28. The fourth-order valence-electron chi connectivity index (χ4n) is 9.97. The SMILES string of the molecule is c1ccc(-c2ccc(-n3c4ccccc4c4cc5c6cc(-c7ccc8c(c7)c7ccccc7n8-c7ccc8ccccc8c7)ccc6n(-c6ccccc6)c5cc43)cc2)cc1. The van der Waals surface area contributed by atoms with Crippen molar-refractivity contribution < 1.29 is 0 Å². The summed E-state index contributed by atoms with van der Waals surface area (Å²) in [6.07, 6.45) is 0. The molecule has 0 atom stereocenters. The predicted molar refractivity (Wildman–Crippen MR) is 258 cm³/mol. The molecule has 61 heavy (non-hydrogen) atoms. The van der Waals surface area contributed by atoms with Crippen molar-refractivity contribution in [3.63, 3.8) is 0 Å². The Kier molecular flexibility index (Phi) is 7.31. The highest BCUT2D eigenvalue weighted by atomic mass is 15.0. The molecule has 0 aliphatic heterocycles. The molecule has 10 aromatic carbocycles. The number of hydrogen-bond donors (Lipinski definition) is 0. The lowest BCUT2D eigenvalue weighted by Crippen LogP contribution is -1.96. The van der Waals surface area contributed by atoms with Gasteiger partial charge in [0.2, 0.25) is 0 Å². The normalized spacial score (nSPS) is 11.9. The van der Waals surface area contributed by atoms with Gasteiger partial charge in [-0.3, -0.25) is 0 Å². The molecule has 0 aliphatic rings. The summed E-state index contributed by atoms with van der Waals surface area (Å²) >= 11 is 0. The van der Waals surface area contributed by atoms with Crippen LogP contribution < -0.4 is 0 Å². The molecule has 3 aromatic heterocycles. The number of nitrogens with zero attached hydrogens (tertiary/aromatic N) is 3. The Balaban J connectivity index is 1.02. The van der Waals surface area contributed by atoms with Gasteiger partial charge in [0.25, 0.3) is 0 Å². The Morgan fingerprint density at radius 3 is 1.28 bits per heavy atom. The third-order valence-electron chi connectivity index (χ3n) is 12.8. The van der Waals surface area contributed by atoms with Crippen molar-refractivity contribution in [1.29, 1.82) is 0 Å². The minimum absolute atomic E-state index is 1.15. The average molecular weight is 776 g/mol. The molecule has 0 amide bonds. The fraction of sp³-hybridized carbons (Fsp3) is 0. The lowest BCUT2D eigenvalue weighted by molar-refractivity contribution is 1.16. The standard InChI is InChI=1S/C58H37N3/c1-3-13-38(14-4-1)40-23-28-45(29-24-40)60-53-21-11-10-20-48(53)51-36-52-50-35-43(27-32-56(50)59(58(52)37-57(51)60)44-17-5-2-6-18-44)42-26-31-55-49(34-42)47-19-9-12-22-54(47)61(55)46-30-25-39-15-7-8-16-41(39)33-46/h1-37H. The first-order chi connectivity index (χ1) is 30.2. The van der Waals surface area contributed by atoms with Crippen molar-refractivity contribution in [1.82, 2.24) is 13.7 Å². The smallest absolute Gasteiger partial charge is 0.0562 e. The van der Waals surface area contributed by atoms with Crippen molar-refractivity contribution >= 4 is 76.2 Å². The Bertz CT molecular complexity index is 3850. The molecule has 0 unspecified atom stereocenters. The van der Waals surface area contributed by atoms with E-state index < -0.39 is 0 Å². The molecule has 0 saturated heterocycles. The Labute approximate surface area is 352 Å². The largest absolute Gasteiger partial charge is 0.309 e. The molecule has 0 spiro atoms. The lowest BCUT2D eigenvalue weighted by atomic mass is 10.00. The maximum Gasteiger partial charge on any atom is 0.0562 e. The van der Waals surface area contributed by atoms with Gasteiger partial charge in [0.15, 0.2) is 0 Å². The summed E-state index contributed by atoms with van der Waals surface area (Å²) in [6, 6.07) is 82.3. The van der Waals surface area contributed by atoms with Crippen LogP contribution in [0, 0.1) is 0 Å².